The van der Waals surface area contributed by atoms with Gasteiger partial charge in [-0.25, -0.2) is 0 Å². The molecule has 1 unspecified atom stereocenters. The van der Waals surface area contributed by atoms with E-state index in [0.29, 0.717) is 25.1 Å². The Hall–Kier alpha value is -0.890. The van der Waals surface area contributed by atoms with Crippen LogP contribution in [0.25, 0.3) is 0 Å². The number of hydrogen-bond donors (Lipinski definition) is 1. The highest BCUT2D eigenvalue weighted by atomic mass is 32.2. The Morgan fingerprint density at radius 1 is 1.69 bits per heavy atom. The second-order valence-corrected chi connectivity index (χ2v) is 4.78. The Balaban J connectivity index is 2.27. The van der Waals surface area contributed by atoms with E-state index >= 15 is 0 Å². The van der Waals surface area contributed by atoms with Gasteiger partial charge < -0.3 is 5.32 Å². The molecule has 0 heterocycles. The molecule has 0 aromatic carbocycles. The van der Waals surface area contributed by atoms with Gasteiger partial charge in [-0.15, -0.1) is 0 Å². The van der Waals surface area contributed by atoms with Gasteiger partial charge in [0.25, 0.3) is 0 Å². The molecule has 1 amide bonds. The Morgan fingerprint density at radius 3 is 2.69 bits per heavy atom. The van der Waals surface area contributed by atoms with E-state index in [9.17, 15) is 9.00 Å². The summed E-state index contributed by atoms with van der Waals surface area (Å²) in [4.78, 5) is 11.3. The number of nitrogens with one attached hydrogen (secondary N) is 1. The first-order chi connectivity index (χ1) is 6.10. The largest absolute Gasteiger partial charge is 0.354 e. The Bertz CT molecular complexity index is 278. The van der Waals surface area contributed by atoms with Crippen molar-refractivity contribution in [2.45, 2.75) is 12.8 Å². The maximum atomic E-state index is 11.3. The summed E-state index contributed by atoms with van der Waals surface area (Å²) in [5.74, 6) is 0.244. The van der Waals surface area contributed by atoms with Crippen molar-refractivity contribution in [1.82, 2.24) is 5.32 Å². The monoisotopic (exact) mass is 200 g/mol. The SMILES string of the molecule is CS(=O)CCNC(=O)C1(C#N)CC1. The number of nitrogens with zero attached hydrogens (tertiary/aromatic N) is 1. The fourth-order valence-corrected chi connectivity index (χ4v) is 1.38. The quantitative estimate of drug-likeness (QED) is 0.682. The summed E-state index contributed by atoms with van der Waals surface area (Å²) in [6.45, 7) is 0.394. The van der Waals surface area contributed by atoms with E-state index in [2.05, 4.69) is 5.32 Å². The standard InChI is InChI=1S/C8H12N2O2S/c1-13(12)5-4-10-7(11)8(6-9)2-3-8/h2-5H2,1H3,(H,10,11). The molecule has 0 radical (unpaired) electrons. The van der Waals surface area contributed by atoms with Gasteiger partial charge in [-0.3, -0.25) is 9.00 Å². The van der Waals surface area contributed by atoms with Crippen molar-refractivity contribution in [2.75, 3.05) is 18.6 Å². The molecule has 0 aromatic rings. The molecule has 1 fully saturated rings. The van der Waals surface area contributed by atoms with Crippen LogP contribution in [0.1, 0.15) is 12.8 Å². The summed E-state index contributed by atoms with van der Waals surface area (Å²) in [6, 6.07) is 2.00. The summed E-state index contributed by atoms with van der Waals surface area (Å²) in [5.41, 5.74) is -0.755. The van der Waals surface area contributed by atoms with E-state index in [1.807, 2.05) is 6.07 Å². The minimum Gasteiger partial charge on any atom is -0.354 e. The van der Waals surface area contributed by atoms with Gasteiger partial charge >= 0.3 is 0 Å². The van der Waals surface area contributed by atoms with Crippen LogP contribution in [0.4, 0.5) is 0 Å². The number of hydrogen-bond acceptors (Lipinski definition) is 3. The van der Waals surface area contributed by atoms with Gasteiger partial charge in [0.05, 0.1) is 6.07 Å². The molecule has 0 aliphatic heterocycles. The lowest BCUT2D eigenvalue weighted by Gasteiger charge is -2.06. The second-order valence-electron chi connectivity index (χ2n) is 3.23. The maximum Gasteiger partial charge on any atom is 0.240 e. The van der Waals surface area contributed by atoms with Crippen molar-refractivity contribution in [2.24, 2.45) is 5.41 Å². The highest BCUT2D eigenvalue weighted by Crippen LogP contribution is 2.44. The third kappa shape index (κ3) is 2.52. The second kappa shape index (κ2) is 3.88. The van der Waals surface area contributed by atoms with E-state index < -0.39 is 16.2 Å². The van der Waals surface area contributed by atoms with Crippen LogP contribution in [0.3, 0.4) is 0 Å². The van der Waals surface area contributed by atoms with Crippen molar-refractivity contribution in [1.29, 1.82) is 5.26 Å². The highest BCUT2D eigenvalue weighted by Gasteiger charge is 2.50. The van der Waals surface area contributed by atoms with Gasteiger partial charge in [0.1, 0.15) is 5.41 Å². The van der Waals surface area contributed by atoms with Crippen LogP contribution in [0.15, 0.2) is 0 Å². The number of amides is 1. The first-order valence-corrected chi connectivity index (χ1v) is 5.83. The minimum absolute atomic E-state index is 0.208. The van der Waals surface area contributed by atoms with Crippen LogP contribution in [-0.2, 0) is 15.6 Å². The normalized spacial score (nSPS) is 20.0. The van der Waals surface area contributed by atoms with Gasteiger partial charge in [0.2, 0.25) is 5.91 Å². The summed E-state index contributed by atoms with van der Waals surface area (Å²) < 4.78 is 10.7. The van der Waals surface area contributed by atoms with Crippen molar-refractivity contribution in [3.8, 4) is 6.07 Å². The van der Waals surface area contributed by atoms with E-state index in [1.54, 1.807) is 6.26 Å². The fourth-order valence-electron chi connectivity index (χ4n) is 0.992. The average Bonchev–Trinajstić information content (AvgIpc) is 2.83. The maximum absolute atomic E-state index is 11.3. The smallest absolute Gasteiger partial charge is 0.240 e. The summed E-state index contributed by atoms with van der Waals surface area (Å²) in [7, 11) is -0.888. The predicted octanol–water partition coefficient (Wildman–Crippen LogP) is -0.215. The number of carbonyl (C=O) groups excluding carboxylic acids is 1. The molecule has 1 saturated carbocycles. The molecule has 0 bridgehead atoms. The van der Waals surface area contributed by atoms with Gasteiger partial charge in [0.15, 0.2) is 0 Å². The van der Waals surface area contributed by atoms with Crippen LogP contribution in [0.2, 0.25) is 0 Å². The lowest BCUT2D eigenvalue weighted by Crippen LogP contribution is -2.33. The Kier molecular flexibility index (Phi) is 3.04. The van der Waals surface area contributed by atoms with Crippen molar-refractivity contribution < 1.29 is 9.00 Å². The molecule has 72 valence electrons. The number of carbonyl (C=O) groups is 1. The minimum atomic E-state index is -0.888. The van der Waals surface area contributed by atoms with E-state index in [1.165, 1.54) is 0 Å². The fraction of sp³-hybridized carbons (Fsp3) is 0.750. The van der Waals surface area contributed by atoms with Crippen LogP contribution in [0, 0.1) is 16.7 Å². The molecule has 13 heavy (non-hydrogen) atoms. The first-order valence-electron chi connectivity index (χ1n) is 4.10. The van der Waals surface area contributed by atoms with Crippen LogP contribution in [-0.4, -0.2) is 28.7 Å². The molecule has 1 N–H and O–H groups in total. The zero-order valence-electron chi connectivity index (χ0n) is 7.50. The Labute approximate surface area is 79.8 Å². The molecular formula is C8H12N2O2S. The van der Waals surface area contributed by atoms with E-state index in [4.69, 9.17) is 5.26 Å². The van der Waals surface area contributed by atoms with Crippen molar-refractivity contribution >= 4 is 16.7 Å². The van der Waals surface area contributed by atoms with E-state index in [-0.39, 0.29) is 5.91 Å². The third-order valence-corrected chi connectivity index (χ3v) is 2.85. The third-order valence-electron chi connectivity index (χ3n) is 2.07. The molecule has 1 atom stereocenters. The van der Waals surface area contributed by atoms with Crippen LogP contribution in [0.5, 0.6) is 0 Å². The molecule has 0 spiro atoms. The zero-order chi connectivity index (χ0) is 9.90. The van der Waals surface area contributed by atoms with Crippen LogP contribution >= 0.6 is 0 Å². The lowest BCUT2D eigenvalue weighted by atomic mass is 10.1. The zero-order valence-corrected chi connectivity index (χ0v) is 8.32. The Morgan fingerprint density at radius 2 is 2.31 bits per heavy atom. The molecule has 1 aliphatic carbocycles. The van der Waals surface area contributed by atoms with Crippen molar-refractivity contribution in [3.63, 3.8) is 0 Å². The van der Waals surface area contributed by atoms with Crippen molar-refractivity contribution in [3.05, 3.63) is 0 Å². The van der Waals surface area contributed by atoms with Gasteiger partial charge in [-0.1, -0.05) is 0 Å². The summed E-state index contributed by atoms with van der Waals surface area (Å²) >= 11 is 0. The van der Waals surface area contributed by atoms with Gasteiger partial charge in [-0.05, 0) is 12.8 Å². The number of nitriles is 1. The number of rotatable bonds is 4. The van der Waals surface area contributed by atoms with Gasteiger partial charge in [0, 0.05) is 29.4 Å². The molecule has 0 saturated heterocycles. The molecule has 1 rings (SSSR count). The molecule has 0 aromatic heterocycles. The predicted molar refractivity (Wildman–Crippen MR) is 49.2 cm³/mol. The van der Waals surface area contributed by atoms with Gasteiger partial charge in [-0.2, -0.15) is 5.26 Å². The van der Waals surface area contributed by atoms with Crippen LogP contribution < -0.4 is 5.32 Å². The first kappa shape index (κ1) is 10.2. The molecule has 5 heteroatoms. The summed E-state index contributed by atoms with van der Waals surface area (Å²) in [6.07, 6.45) is 2.90. The average molecular weight is 200 g/mol. The van der Waals surface area contributed by atoms with E-state index in [0.717, 1.165) is 0 Å². The molecule has 1 aliphatic rings. The highest BCUT2D eigenvalue weighted by molar-refractivity contribution is 7.84. The topological polar surface area (TPSA) is 70.0 Å². The summed E-state index contributed by atoms with van der Waals surface area (Å²) in [5, 5.41) is 11.3. The lowest BCUT2D eigenvalue weighted by molar-refractivity contribution is -0.124. The molecule has 4 nitrogen and oxygen atoms in total. The molecular weight excluding hydrogens is 188 g/mol.